The number of fused-ring (bicyclic) bond motifs is 1. The highest BCUT2D eigenvalue weighted by Crippen LogP contribution is 2.26. The highest BCUT2D eigenvalue weighted by Gasteiger charge is 2.22. The molecular weight excluding hydrogens is 288 g/mol. The molecule has 0 amide bonds. The summed E-state index contributed by atoms with van der Waals surface area (Å²) >= 11 is 0. The highest BCUT2D eigenvalue weighted by atomic mass is 32.2. The highest BCUT2D eigenvalue weighted by molar-refractivity contribution is 7.89. The molecule has 21 heavy (non-hydrogen) atoms. The number of sulfonamides is 1. The molecule has 0 bridgehead atoms. The van der Waals surface area contributed by atoms with Crippen LogP contribution in [0.4, 0.5) is 5.69 Å². The van der Waals surface area contributed by atoms with Gasteiger partial charge < -0.3 is 9.73 Å². The van der Waals surface area contributed by atoms with Gasteiger partial charge in [0.1, 0.15) is 0 Å². The summed E-state index contributed by atoms with van der Waals surface area (Å²) in [6.07, 6.45) is 5.04. The van der Waals surface area contributed by atoms with E-state index in [0.717, 1.165) is 36.2 Å². The van der Waals surface area contributed by atoms with Crippen LogP contribution in [0, 0.1) is 0 Å². The van der Waals surface area contributed by atoms with E-state index < -0.39 is 10.0 Å². The van der Waals surface area contributed by atoms with Gasteiger partial charge in [-0.25, -0.2) is 8.42 Å². The third kappa shape index (κ3) is 2.82. The molecule has 0 fully saturated rings. The lowest BCUT2D eigenvalue weighted by Gasteiger charge is -2.21. The van der Waals surface area contributed by atoms with E-state index in [1.165, 1.54) is 4.31 Å². The van der Waals surface area contributed by atoms with Crippen molar-refractivity contribution in [3.8, 4) is 0 Å². The third-order valence-electron chi connectivity index (χ3n) is 3.71. The number of anilines is 1. The zero-order valence-electron chi connectivity index (χ0n) is 11.9. The van der Waals surface area contributed by atoms with E-state index in [2.05, 4.69) is 5.32 Å². The summed E-state index contributed by atoms with van der Waals surface area (Å²) in [7, 11) is -1.90. The first-order valence-corrected chi connectivity index (χ1v) is 8.35. The number of furan rings is 1. The van der Waals surface area contributed by atoms with Crippen molar-refractivity contribution in [3.05, 3.63) is 47.9 Å². The van der Waals surface area contributed by atoms with Crippen molar-refractivity contribution in [2.45, 2.75) is 24.3 Å². The summed E-state index contributed by atoms with van der Waals surface area (Å²) in [4.78, 5) is 0.343. The van der Waals surface area contributed by atoms with Gasteiger partial charge in [0.2, 0.25) is 10.0 Å². The van der Waals surface area contributed by atoms with Crippen LogP contribution in [-0.2, 0) is 23.0 Å². The van der Waals surface area contributed by atoms with Crippen LogP contribution in [0.15, 0.2) is 46.1 Å². The van der Waals surface area contributed by atoms with Gasteiger partial charge in [-0.2, -0.15) is 4.31 Å². The van der Waals surface area contributed by atoms with Crippen LogP contribution >= 0.6 is 0 Å². The average Bonchev–Trinajstić information content (AvgIpc) is 2.99. The Balaban J connectivity index is 1.87. The molecule has 112 valence electrons. The molecule has 1 aromatic carbocycles. The summed E-state index contributed by atoms with van der Waals surface area (Å²) in [6.45, 7) is 1.24. The maximum absolute atomic E-state index is 12.6. The largest absolute Gasteiger partial charge is 0.472 e. The maximum Gasteiger partial charge on any atom is 0.243 e. The molecule has 0 atom stereocenters. The quantitative estimate of drug-likeness (QED) is 0.942. The molecule has 0 saturated heterocycles. The maximum atomic E-state index is 12.6. The third-order valence-corrected chi connectivity index (χ3v) is 5.51. The van der Waals surface area contributed by atoms with E-state index in [-0.39, 0.29) is 0 Å². The lowest BCUT2D eigenvalue weighted by atomic mass is 10.0. The minimum atomic E-state index is -3.48. The number of benzene rings is 1. The van der Waals surface area contributed by atoms with Crippen molar-refractivity contribution in [2.75, 3.05) is 18.9 Å². The van der Waals surface area contributed by atoms with Crippen molar-refractivity contribution in [3.63, 3.8) is 0 Å². The number of hydrogen-bond acceptors (Lipinski definition) is 4. The van der Waals surface area contributed by atoms with Gasteiger partial charge in [-0.3, -0.25) is 0 Å². The predicted octanol–water partition coefficient (Wildman–Crippen LogP) is 2.46. The van der Waals surface area contributed by atoms with Crippen LogP contribution in [0.5, 0.6) is 0 Å². The summed E-state index contributed by atoms with van der Waals surface area (Å²) < 4.78 is 31.6. The van der Waals surface area contributed by atoms with Gasteiger partial charge in [-0.05, 0) is 42.7 Å². The summed E-state index contributed by atoms with van der Waals surface area (Å²) in [5.41, 5.74) is 2.94. The second kappa shape index (κ2) is 5.54. The van der Waals surface area contributed by atoms with Crippen molar-refractivity contribution < 1.29 is 12.8 Å². The average molecular weight is 306 g/mol. The second-order valence-corrected chi connectivity index (χ2v) is 7.29. The van der Waals surface area contributed by atoms with Crippen molar-refractivity contribution in [1.29, 1.82) is 0 Å². The van der Waals surface area contributed by atoms with Gasteiger partial charge >= 0.3 is 0 Å². The molecule has 0 unspecified atom stereocenters. The smallest absolute Gasteiger partial charge is 0.243 e. The van der Waals surface area contributed by atoms with Crippen LogP contribution in [-0.4, -0.2) is 26.3 Å². The van der Waals surface area contributed by atoms with E-state index in [9.17, 15) is 8.42 Å². The van der Waals surface area contributed by atoms with Gasteiger partial charge in [-0.1, -0.05) is 0 Å². The molecule has 2 aromatic rings. The number of rotatable bonds is 4. The Hall–Kier alpha value is -1.79. The van der Waals surface area contributed by atoms with Crippen LogP contribution in [0.3, 0.4) is 0 Å². The van der Waals surface area contributed by atoms with E-state index in [1.54, 1.807) is 37.8 Å². The van der Waals surface area contributed by atoms with Crippen LogP contribution < -0.4 is 5.32 Å². The van der Waals surface area contributed by atoms with Gasteiger partial charge in [0.05, 0.1) is 17.4 Å². The minimum Gasteiger partial charge on any atom is -0.472 e. The monoisotopic (exact) mass is 306 g/mol. The topological polar surface area (TPSA) is 62.6 Å². The van der Waals surface area contributed by atoms with Crippen molar-refractivity contribution in [1.82, 2.24) is 4.31 Å². The van der Waals surface area contributed by atoms with Gasteiger partial charge in [0.25, 0.3) is 0 Å². The Labute approximate surface area is 124 Å². The standard InChI is InChI=1S/C15H18N2O3S/c1-17(10-12-6-8-20-11-12)21(18,19)14-4-5-15-13(9-14)3-2-7-16-15/h4-6,8-9,11,16H,2-3,7,10H2,1H3. The molecule has 1 aliphatic heterocycles. The Morgan fingerprint density at radius 3 is 2.95 bits per heavy atom. The zero-order valence-corrected chi connectivity index (χ0v) is 12.7. The minimum absolute atomic E-state index is 0.300. The number of nitrogens with zero attached hydrogens (tertiary/aromatic N) is 1. The first kappa shape index (κ1) is 14.2. The lowest BCUT2D eigenvalue weighted by Crippen LogP contribution is -2.26. The van der Waals surface area contributed by atoms with E-state index in [4.69, 9.17) is 4.42 Å². The van der Waals surface area contributed by atoms with E-state index in [0.29, 0.717) is 11.4 Å². The Bertz CT molecular complexity index is 723. The van der Waals surface area contributed by atoms with Crippen LogP contribution in [0.25, 0.3) is 0 Å². The normalized spacial score (nSPS) is 14.8. The van der Waals surface area contributed by atoms with Crippen LogP contribution in [0.2, 0.25) is 0 Å². The number of aryl methyl sites for hydroxylation is 1. The Morgan fingerprint density at radius 2 is 2.19 bits per heavy atom. The molecule has 0 aliphatic carbocycles. The molecule has 0 radical (unpaired) electrons. The molecule has 5 nitrogen and oxygen atoms in total. The molecule has 3 rings (SSSR count). The van der Waals surface area contributed by atoms with Crippen molar-refractivity contribution >= 4 is 15.7 Å². The fraction of sp³-hybridized carbons (Fsp3) is 0.333. The summed E-state index contributed by atoms with van der Waals surface area (Å²) in [5.74, 6) is 0. The molecular formula is C15H18N2O3S. The van der Waals surface area contributed by atoms with Gasteiger partial charge in [0, 0.05) is 31.4 Å². The van der Waals surface area contributed by atoms with E-state index >= 15 is 0 Å². The van der Waals surface area contributed by atoms with E-state index in [1.807, 2.05) is 6.07 Å². The fourth-order valence-electron chi connectivity index (χ4n) is 2.52. The molecule has 0 saturated carbocycles. The number of hydrogen-bond donors (Lipinski definition) is 1. The van der Waals surface area contributed by atoms with Crippen LogP contribution in [0.1, 0.15) is 17.5 Å². The van der Waals surface area contributed by atoms with Gasteiger partial charge in [-0.15, -0.1) is 0 Å². The van der Waals surface area contributed by atoms with Gasteiger partial charge in [0.15, 0.2) is 0 Å². The fourth-order valence-corrected chi connectivity index (χ4v) is 3.73. The summed E-state index contributed by atoms with van der Waals surface area (Å²) in [6, 6.07) is 7.07. The molecule has 2 heterocycles. The molecule has 0 spiro atoms. The Morgan fingerprint density at radius 1 is 1.33 bits per heavy atom. The summed E-state index contributed by atoms with van der Waals surface area (Å²) in [5, 5.41) is 3.29. The molecule has 1 aromatic heterocycles. The SMILES string of the molecule is CN(Cc1ccoc1)S(=O)(=O)c1ccc2c(c1)CCCN2. The van der Waals surface area contributed by atoms with Crippen molar-refractivity contribution in [2.24, 2.45) is 0 Å². The Kier molecular flexibility index (Phi) is 3.73. The second-order valence-electron chi connectivity index (χ2n) is 5.24. The zero-order chi connectivity index (χ0) is 14.9. The molecule has 6 heteroatoms. The number of nitrogens with one attached hydrogen (secondary N) is 1. The molecule has 1 N–H and O–H groups in total. The first-order chi connectivity index (χ1) is 10.1. The first-order valence-electron chi connectivity index (χ1n) is 6.91. The predicted molar refractivity (Wildman–Crippen MR) is 80.6 cm³/mol. The molecule has 1 aliphatic rings. The lowest BCUT2D eigenvalue weighted by molar-refractivity contribution is 0.463.